The lowest BCUT2D eigenvalue weighted by atomic mass is 9.93. The van der Waals surface area contributed by atoms with Crippen molar-refractivity contribution in [1.29, 1.82) is 0 Å². The number of likely N-dealkylation sites (tertiary alicyclic amines) is 1. The van der Waals surface area contributed by atoms with E-state index in [-0.39, 0.29) is 0 Å². The third-order valence-corrected chi connectivity index (χ3v) is 3.50. The molecule has 15 heavy (non-hydrogen) atoms. The van der Waals surface area contributed by atoms with Crippen molar-refractivity contribution in [3.8, 4) is 0 Å². The summed E-state index contributed by atoms with van der Waals surface area (Å²) in [5.74, 6) is 0.909. The smallest absolute Gasteiger partial charge is 0.0236 e. The molecule has 1 aliphatic rings. The molecule has 1 heterocycles. The minimum absolute atomic E-state index is 0.744. The normalized spacial score (nSPS) is 27.9. The number of hydrogen-bond donors (Lipinski definition) is 0. The molecular weight excluding hydrogens is 182 g/mol. The largest absolute Gasteiger partial charge is 0.296 e. The maximum Gasteiger partial charge on any atom is 0.0236 e. The van der Waals surface area contributed by atoms with Gasteiger partial charge in [0.1, 0.15) is 0 Å². The molecule has 1 saturated heterocycles. The van der Waals surface area contributed by atoms with Crippen LogP contribution in [0.2, 0.25) is 0 Å². The SMILES string of the molecule is CC1CCN(Cc2ccccc2)C(C)C1. The average molecular weight is 203 g/mol. The van der Waals surface area contributed by atoms with Crippen LogP contribution in [0.5, 0.6) is 0 Å². The van der Waals surface area contributed by atoms with Gasteiger partial charge in [0.05, 0.1) is 0 Å². The highest BCUT2D eigenvalue weighted by Crippen LogP contribution is 2.23. The standard InChI is InChI=1S/C14H21N/c1-12-8-9-15(13(2)10-12)11-14-6-4-3-5-7-14/h3-7,12-13H,8-11H2,1-2H3. The van der Waals surface area contributed by atoms with E-state index in [0.717, 1.165) is 18.5 Å². The summed E-state index contributed by atoms with van der Waals surface area (Å²) >= 11 is 0. The van der Waals surface area contributed by atoms with E-state index in [0.29, 0.717) is 0 Å². The highest BCUT2D eigenvalue weighted by molar-refractivity contribution is 5.14. The van der Waals surface area contributed by atoms with Crippen molar-refractivity contribution in [3.63, 3.8) is 0 Å². The molecule has 1 aromatic carbocycles. The summed E-state index contributed by atoms with van der Waals surface area (Å²) in [6.07, 6.45) is 2.71. The van der Waals surface area contributed by atoms with Crippen molar-refractivity contribution in [2.24, 2.45) is 5.92 Å². The fourth-order valence-corrected chi connectivity index (χ4v) is 2.51. The van der Waals surface area contributed by atoms with Crippen LogP contribution in [-0.4, -0.2) is 17.5 Å². The van der Waals surface area contributed by atoms with Crippen molar-refractivity contribution in [2.75, 3.05) is 6.54 Å². The Labute approximate surface area is 93.1 Å². The minimum Gasteiger partial charge on any atom is -0.296 e. The first-order valence-electron chi connectivity index (χ1n) is 6.03. The van der Waals surface area contributed by atoms with Gasteiger partial charge in [-0.25, -0.2) is 0 Å². The van der Waals surface area contributed by atoms with Gasteiger partial charge in [0.2, 0.25) is 0 Å². The Balaban J connectivity index is 1.95. The van der Waals surface area contributed by atoms with Crippen LogP contribution in [0, 0.1) is 5.92 Å². The van der Waals surface area contributed by atoms with E-state index in [1.54, 1.807) is 0 Å². The van der Waals surface area contributed by atoms with Crippen LogP contribution in [0.4, 0.5) is 0 Å². The van der Waals surface area contributed by atoms with Gasteiger partial charge in [0.15, 0.2) is 0 Å². The maximum atomic E-state index is 2.61. The molecular formula is C14H21N. The molecule has 0 saturated carbocycles. The second-order valence-corrected chi connectivity index (χ2v) is 4.93. The molecule has 0 N–H and O–H groups in total. The summed E-state index contributed by atoms with van der Waals surface area (Å²) in [6, 6.07) is 11.5. The van der Waals surface area contributed by atoms with Crippen LogP contribution in [0.15, 0.2) is 30.3 Å². The van der Waals surface area contributed by atoms with E-state index >= 15 is 0 Å². The monoisotopic (exact) mass is 203 g/mol. The molecule has 82 valence electrons. The van der Waals surface area contributed by atoms with E-state index in [4.69, 9.17) is 0 Å². The van der Waals surface area contributed by atoms with Crippen molar-refractivity contribution < 1.29 is 0 Å². The predicted molar refractivity (Wildman–Crippen MR) is 64.7 cm³/mol. The zero-order valence-electron chi connectivity index (χ0n) is 9.82. The molecule has 2 rings (SSSR count). The van der Waals surface area contributed by atoms with Crippen molar-refractivity contribution >= 4 is 0 Å². The quantitative estimate of drug-likeness (QED) is 0.713. The Hall–Kier alpha value is -0.820. The van der Waals surface area contributed by atoms with Crippen molar-refractivity contribution in [3.05, 3.63) is 35.9 Å². The first-order chi connectivity index (χ1) is 7.25. The summed E-state index contributed by atoms with van der Waals surface area (Å²) in [5, 5.41) is 0. The Bertz CT molecular complexity index is 293. The fourth-order valence-electron chi connectivity index (χ4n) is 2.51. The van der Waals surface area contributed by atoms with Gasteiger partial charge in [-0.1, -0.05) is 37.3 Å². The zero-order valence-corrected chi connectivity index (χ0v) is 9.82. The lowest BCUT2D eigenvalue weighted by Crippen LogP contribution is -2.39. The molecule has 1 aromatic rings. The van der Waals surface area contributed by atoms with Gasteiger partial charge >= 0.3 is 0 Å². The summed E-state index contributed by atoms with van der Waals surface area (Å²) < 4.78 is 0. The molecule has 1 nitrogen and oxygen atoms in total. The Morgan fingerprint density at radius 1 is 1.20 bits per heavy atom. The number of rotatable bonds is 2. The Morgan fingerprint density at radius 3 is 2.60 bits per heavy atom. The summed E-state index contributed by atoms with van der Waals surface area (Å²) in [6.45, 7) is 7.11. The van der Waals surface area contributed by atoms with Gasteiger partial charge in [0.25, 0.3) is 0 Å². The van der Waals surface area contributed by atoms with Crippen LogP contribution in [-0.2, 0) is 6.54 Å². The van der Waals surface area contributed by atoms with E-state index in [1.807, 2.05) is 0 Å². The Kier molecular flexibility index (Phi) is 3.42. The van der Waals surface area contributed by atoms with Crippen LogP contribution >= 0.6 is 0 Å². The third kappa shape index (κ3) is 2.82. The third-order valence-electron chi connectivity index (χ3n) is 3.50. The molecule has 0 bridgehead atoms. The first kappa shape index (κ1) is 10.7. The molecule has 0 radical (unpaired) electrons. The second-order valence-electron chi connectivity index (χ2n) is 4.93. The lowest BCUT2D eigenvalue weighted by molar-refractivity contribution is 0.122. The van der Waals surface area contributed by atoms with Gasteiger partial charge in [-0.05, 0) is 37.8 Å². The number of nitrogens with zero attached hydrogens (tertiary/aromatic N) is 1. The van der Waals surface area contributed by atoms with E-state index < -0.39 is 0 Å². The van der Waals surface area contributed by atoms with Gasteiger partial charge < -0.3 is 0 Å². The molecule has 2 atom stereocenters. The number of piperidine rings is 1. The molecule has 2 unspecified atom stereocenters. The number of benzene rings is 1. The highest BCUT2D eigenvalue weighted by Gasteiger charge is 2.22. The molecule has 1 aliphatic heterocycles. The van der Waals surface area contributed by atoms with Crippen LogP contribution in [0.1, 0.15) is 32.3 Å². The van der Waals surface area contributed by atoms with Gasteiger partial charge in [-0.3, -0.25) is 4.90 Å². The summed E-state index contributed by atoms with van der Waals surface area (Å²) in [4.78, 5) is 2.61. The van der Waals surface area contributed by atoms with Crippen LogP contribution in [0.3, 0.4) is 0 Å². The molecule has 0 aromatic heterocycles. The van der Waals surface area contributed by atoms with Crippen LogP contribution < -0.4 is 0 Å². The topological polar surface area (TPSA) is 3.24 Å². The maximum absolute atomic E-state index is 2.61. The fraction of sp³-hybridized carbons (Fsp3) is 0.571. The minimum atomic E-state index is 0.744. The highest BCUT2D eigenvalue weighted by atomic mass is 15.2. The zero-order chi connectivity index (χ0) is 10.7. The van der Waals surface area contributed by atoms with E-state index in [2.05, 4.69) is 49.1 Å². The van der Waals surface area contributed by atoms with Gasteiger partial charge in [0, 0.05) is 12.6 Å². The van der Waals surface area contributed by atoms with Crippen molar-refractivity contribution in [2.45, 2.75) is 39.3 Å². The van der Waals surface area contributed by atoms with Crippen molar-refractivity contribution in [1.82, 2.24) is 4.90 Å². The summed E-state index contributed by atoms with van der Waals surface area (Å²) in [5.41, 5.74) is 1.44. The van der Waals surface area contributed by atoms with E-state index in [9.17, 15) is 0 Å². The molecule has 0 amide bonds. The molecule has 1 heteroatoms. The average Bonchev–Trinajstić information content (AvgIpc) is 2.24. The predicted octanol–water partition coefficient (Wildman–Crippen LogP) is 3.31. The second kappa shape index (κ2) is 4.80. The van der Waals surface area contributed by atoms with Crippen LogP contribution in [0.25, 0.3) is 0 Å². The van der Waals surface area contributed by atoms with Gasteiger partial charge in [-0.15, -0.1) is 0 Å². The number of hydrogen-bond acceptors (Lipinski definition) is 1. The van der Waals surface area contributed by atoms with E-state index in [1.165, 1.54) is 24.9 Å². The first-order valence-corrected chi connectivity index (χ1v) is 6.03. The lowest BCUT2D eigenvalue weighted by Gasteiger charge is -2.36. The molecule has 0 aliphatic carbocycles. The molecule has 0 spiro atoms. The Morgan fingerprint density at radius 2 is 1.93 bits per heavy atom. The van der Waals surface area contributed by atoms with Gasteiger partial charge in [-0.2, -0.15) is 0 Å². The molecule has 1 fully saturated rings. The summed E-state index contributed by atoms with van der Waals surface area (Å²) in [7, 11) is 0.